The second kappa shape index (κ2) is 15.9. The van der Waals surface area contributed by atoms with E-state index in [1.54, 1.807) is 0 Å². The second-order valence-corrected chi connectivity index (χ2v) is 15.1. The molecule has 9 aromatic carbocycles. The van der Waals surface area contributed by atoms with E-state index in [0.717, 1.165) is 33.8 Å². The van der Waals surface area contributed by atoms with Gasteiger partial charge in [-0.05, 0) is 92.5 Å². The fourth-order valence-corrected chi connectivity index (χ4v) is 8.55. The zero-order chi connectivity index (χ0) is 40.3. The van der Waals surface area contributed by atoms with E-state index >= 15 is 0 Å². The van der Waals surface area contributed by atoms with Crippen LogP contribution in [0.4, 0.5) is 0 Å². The fraction of sp³-hybridized carbons (Fsp3) is 0.0727. The number of aryl methyl sites for hydroxylation is 1. The van der Waals surface area contributed by atoms with Gasteiger partial charge >= 0.3 is 0 Å². The van der Waals surface area contributed by atoms with Crippen LogP contribution in [0.25, 0.3) is 32.7 Å². The zero-order valence-electron chi connectivity index (χ0n) is 33.1. The van der Waals surface area contributed by atoms with E-state index in [2.05, 4.69) is 153 Å². The molecule has 1 aliphatic carbocycles. The number of nitrogens with one attached hydrogen (secondary N) is 1. The maximum Gasteiger partial charge on any atom is 0.178 e. The van der Waals surface area contributed by atoms with Gasteiger partial charge in [-0.25, -0.2) is 0 Å². The van der Waals surface area contributed by atoms with Crippen LogP contribution >= 0.6 is 0 Å². The molecule has 1 aliphatic heterocycles. The van der Waals surface area contributed by atoms with Crippen LogP contribution in [-0.4, -0.2) is 6.21 Å². The molecule has 286 valence electrons. The molecule has 4 nitrogen and oxygen atoms in total. The van der Waals surface area contributed by atoms with Crippen LogP contribution in [0.2, 0.25) is 0 Å². The lowest BCUT2D eigenvalue weighted by Gasteiger charge is -2.34. The van der Waals surface area contributed by atoms with E-state index in [9.17, 15) is 0 Å². The first kappa shape index (κ1) is 37.3. The first-order valence-electron chi connectivity index (χ1n) is 20.0. The minimum absolute atomic E-state index is 0.0791. The molecule has 1 heterocycles. The van der Waals surface area contributed by atoms with Crippen LogP contribution in [0.5, 0.6) is 23.0 Å². The first-order chi connectivity index (χ1) is 28.9. The van der Waals surface area contributed by atoms with Crippen molar-refractivity contribution in [2.45, 2.75) is 25.3 Å². The molecule has 0 amide bonds. The topological polar surface area (TPSA) is 68.3 Å². The molecule has 1 unspecified atom stereocenters. The Morgan fingerprint density at radius 1 is 0.525 bits per heavy atom. The maximum absolute atomic E-state index is 6.82. The normalized spacial score (nSPS) is 13.1. The van der Waals surface area contributed by atoms with Gasteiger partial charge in [0.1, 0.15) is 0 Å². The fourth-order valence-electron chi connectivity index (χ4n) is 8.55. The van der Waals surface area contributed by atoms with Crippen molar-refractivity contribution in [3.05, 3.63) is 239 Å². The van der Waals surface area contributed by atoms with Gasteiger partial charge in [0.15, 0.2) is 23.0 Å². The summed E-state index contributed by atoms with van der Waals surface area (Å²) >= 11 is 0. The predicted octanol–water partition coefficient (Wildman–Crippen LogP) is 14.0. The molecule has 2 aliphatic rings. The van der Waals surface area contributed by atoms with Crippen LogP contribution < -0.4 is 15.2 Å². The largest absolute Gasteiger partial charge is 0.449 e. The summed E-state index contributed by atoms with van der Waals surface area (Å²) in [5.41, 5.74) is 16.1. The molecule has 0 saturated heterocycles. The van der Waals surface area contributed by atoms with Gasteiger partial charge in [0.05, 0.1) is 5.41 Å². The zero-order valence-corrected chi connectivity index (χ0v) is 33.1. The summed E-state index contributed by atoms with van der Waals surface area (Å²) in [6.07, 6.45) is 1.33. The lowest BCUT2D eigenvalue weighted by molar-refractivity contribution is 0.360. The molecule has 0 radical (unpaired) electrons. The highest BCUT2D eigenvalue weighted by molar-refractivity contribution is 6.07. The second-order valence-electron chi connectivity index (χ2n) is 15.1. The highest BCUT2D eigenvalue weighted by Gasteiger charge is 2.48. The van der Waals surface area contributed by atoms with E-state index in [1.807, 2.05) is 61.5 Å². The third-order valence-corrected chi connectivity index (χ3v) is 11.3. The van der Waals surface area contributed by atoms with Crippen molar-refractivity contribution in [3.8, 4) is 34.1 Å². The SMILES string of the molecule is CC(N)c1ccc2c(c1)Oc1ccc3c(c1O2)-c1ccccc1C3(c1ccccc1)c1ccccc1.Cc1ccc2c(ccc3ccccc32)c1.N=Cc1ccccc1. The van der Waals surface area contributed by atoms with Crippen molar-refractivity contribution in [2.75, 3.05) is 0 Å². The van der Waals surface area contributed by atoms with Gasteiger partial charge in [0, 0.05) is 17.8 Å². The Labute approximate surface area is 345 Å². The standard InChI is InChI=1S/C33H25NO2.C15H12.C7H7N/c1-21(34)22-16-18-28-30(20-22)35-29-19-17-27-31(32(29)36-28)25-14-8-9-15-26(25)33(27,23-10-4-2-5-11-23)24-12-6-3-7-13-24;1-11-6-9-15-13(10-11)8-7-12-4-2-3-5-14(12)15;8-6-7-4-2-1-3-5-7/h2-21H,34H2,1H3;2-10H,1H3;1-6,8H. The number of benzene rings is 9. The summed E-state index contributed by atoms with van der Waals surface area (Å²) in [4.78, 5) is 0. The molecule has 11 rings (SSSR count). The van der Waals surface area contributed by atoms with E-state index in [4.69, 9.17) is 20.6 Å². The molecular formula is C55H44N2O2. The number of ether oxygens (including phenoxy) is 2. The summed E-state index contributed by atoms with van der Waals surface area (Å²) in [5, 5.41) is 12.1. The molecule has 0 fully saturated rings. The van der Waals surface area contributed by atoms with E-state index in [0.29, 0.717) is 11.5 Å². The van der Waals surface area contributed by atoms with Crippen LogP contribution in [0.3, 0.4) is 0 Å². The van der Waals surface area contributed by atoms with Crippen LogP contribution in [-0.2, 0) is 5.41 Å². The number of hydrogen-bond donors (Lipinski definition) is 2. The molecule has 0 bridgehead atoms. The average Bonchev–Trinajstić information content (AvgIpc) is 3.60. The van der Waals surface area contributed by atoms with Crippen LogP contribution in [0.1, 0.15) is 51.9 Å². The van der Waals surface area contributed by atoms with E-state index < -0.39 is 5.41 Å². The van der Waals surface area contributed by atoms with Crippen molar-refractivity contribution < 1.29 is 9.47 Å². The van der Waals surface area contributed by atoms with Gasteiger partial charge in [-0.2, -0.15) is 0 Å². The Morgan fingerprint density at radius 2 is 1.14 bits per heavy atom. The monoisotopic (exact) mass is 764 g/mol. The van der Waals surface area contributed by atoms with Crippen molar-refractivity contribution >= 4 is 27.8 Å². The molecule has 1 atom stereocenters. The molecule has 0 saturated carbocycles. The van der Waals surface area contributed by atoms with Crippen molar-refractivity contribution in [2.24, 2.45) is 5.73 Å². The summed E-state index contributed by atoms with van der Waals surface area (Å²) in [7, 11) is 0. The predicted molar refractivity (Wildman–Crippen MR) is 243 cm³/mol. The number of hydrogen-bond acceptors (Lipinski definition) is 4. The van der Waals surface area contributed by atoms with Gasteiger partial charge in [-0.1, -0.05) is 188 Å². The molecular weight excluding hydrogens is 721 g/mol. The maximum atomic E-state index is 6.82. The average molecular weight is 765 g/mol. The van der Waals surface area contributed by atoms with Crippen molar-refractivity contribution in [1.29, 1.82) is 5.41 Å². The summed E-state index contributed by atoms with van der Waals surface area (Å²) in [6.45, 7) is 4.10. The van der Waals surface area contributed by atoms with E-state index in [1.165, 1.54) is 55.6 Å². The number of fused-ring (bicyclic) bond motifs is 9. The van der Waals surface area contributed by atoms with E-state index in [-0.39, 0.29) is 6.04 Å². The number of nitrogens with two attached hydrogens (primary N) is 1. The highest BCUT2D eigenvalue weighted by atomic mass is 16.6. The third kappa shape index (κ3) is 6.84. The smallest absolute Gasteiger partial charge is 0.178 e. The molecule has 0 aromatic heterocycles. The molecule has 0 spiro atoms. The Bertz CT molecular complexity index is 2900. The molecule has 9 aromatic rings. The lowest BCUT2D eigenvalue weighted by atomic mass is 9.68. The molecule has 3 N–H and O–H groups in total. The first-order valence-corrected chi connectivity index (χ1v) is 20.0. The highest BCUT2D eigenvalue weighted by Crippen LogP contribution is 2.62. The minimum Gasteiger partial charge on any atom is -0.449 e. The van der Waals surface area contributed by atoms with Gasteiger partial charge in [-0.3, -0.25) is 0 Å². The lowest BCUT2D eigenvalue weighted by Crippen LogP contribution is -2.28. The molecule has 59 heavy (non-hydrogen) atoms. The van der Waals surface area contributed by atoms with Gasteiger partial charge in [-0.15, -0.1) is 0 Å². The Balaban J connectivity index is 0.000000159. The summed E-state index contributed by atoms with van der Waals surface area (Å²) in [5.74, 6) is 2.88. The van der Waals surface area contributed by atoms with Gasteiger partial charge < -0.3 is 20.6 Å². The molecule has 4 heteroatoms. The summed E-state index contributed by atoms with van der Waals surface area (Å²) in [6, 6.07) is 69.4. The van der Waals surface area contributed by atoms with Gasteiger partial charge in [0.2, 0.25) is 0 Å². The van der Waals surface area contributed by atoms with Crippen molar-refractivity contribution in [3.63, 3.8) is 0 Å². The minimum atomic E-state index is -0.466. The van der Waals surface area contributed by atoms with Gasteiger partial charge in [0.25, 0.3) is 0 Å². The number of rotatable bonds is 4. The Kier molecular flexibility index (Phi) is 10.1. The Morgan fingerprint density at radius 3 is 1.83 bits per heavy atom. The Hall–Kier alpha value is -7.27. The van der Waals surface area contributed by atoms with Crippen molar-refractivity contribution in [1.82, 2.24) is 0 Å². The summed E-state index contributed by atoms with van der Waals surface area (Å²) < 4.78 is 13.0. The third-order valence-electron chi connectivity index (χ3n) is 11.3. The van der Waals surface area contributed by atoms with Crippen LogP contribution in [0, 0.1) is 12.3 Å². The quantitative estimate of drug-likeness (QED) is 0.138. The van der Waals surface area contributed by atoms with Crippen LogP contribution in [0.15, 0.2) is 200 Å².